The van der Waals surface area contributed by atoms with Gasteiger partial charge >= 0.3 is 0 Å². The zero-order valence-electron chi connectivity index (χ0n) is 12.8. The van der Waals surface area contributed by atoms with Crippen LogP contribution in [0.5, 0.6) is 5.75 Å². The van der Waals surface area contributed by atoms with E-state index < -0.39 is 5.82 Å². The summed E-state index contributed by atoms with van der Waals surface area (Å²) in [5.41, 5.74) is 1.84. The van der Waals surface area contributed by atoms with Crippen molar-refractivity contribution in [3.8, 4) is 5.75 Å². The van der Waals surface area contributed by atoms with Gasteiger partial charge < -0.3 is 14.4 Å². The number of nitrogens with one attached hydrogen (secondary N) is 1. The van der Waals surface area contributed by atoms with Gasteiger partial charge in [-0.1, -0.05) is 6.07 Å². The fourth-order valence-electron chi connectivity index (χ4n) is 2.62. The number of benzene rings is 1. The number of aromatic amines is 1. The second-order valence-electron chi connectivity index (χ2n) is 5.39. The molecule has 0 bridgehead atoms. The number of carbonyl (C=O) groups is 1. The van der Waals surface area contributed by atoms with E-state index in [1.807, 2.05) is 6.92 Å². The van der Waals surface area contributed by atoms with Crippen molar-refractivity contribution in [1.82, 2.24) is 15.1 Å². The second-order valence-corrected chi connectivity index (χ2v) is 5.39. The first-order valence-corrected chi connectivity index (χ1v) is 7.40. The SMILES string of the molecule is Cc1cn[nH]c1[C@H]1COCCN1C(=O)COc1cccc(F)c1. The fourth-order valence-corrected chi connectivity index (χ4v) is 2.62. The second kappa shape index (κ2) is 6.78. The molecule has 1 aromatic carbocycles. The highest BCUT2D eigenvalue weighted by Crippen LogP contribution is 2.25. The van der Waals surface area contributed by atoms with Gasteiger partial charge in [-0.2, -0.15) is 5.10 Å². The number of morpholine rings is 1. The lowest BCUT2D eigenvalue weighted by molar-refractivity contribution is -0.142. The molecule has 1 N–H and O–H groups in total. The molecule has 2 heterocycles. The molecule has 2 aromatic rings. The summed E-state index contributed by atoms with van der Waals surface area (Å²) >= 11 is 0. The molecule has 1 aromatic heterocycles. The lowest BCUT2D eigenvalue weighted by Crippen LogP contribution is -2.45. The molecule has 1 atom stereocenters. The van der Waals surface area contributed by atoms with Crippen molar-refractivity contribution < 1.29 is 18.7 Å². The first kappa shape index (κ1) is 15.5. The predicted molar refractivity (Wildman–Crippen MR) is 80.5 cm³/mol. The maximum atomic E-state index is 13.1. The van der Waals surface area contributed by atoms with E-state index in [4.69, 9.17) is 9.47 Å². The molecule has 1 fully saturated rings. The van der Waals surface area contributed by atoms with Crippen LogP contribution in [0.25, 0.3) is 0 Å². The first-order chi connectivity index (χ1) is 11.1. The number of aryl methyl sites for hydroxylation is 1. The van der Waals surface area contributed by atoms with E-state index in [1.165, 1.54) is 12.1 Å². The number of ether oxygens (including phenoxy) is 2. The normalized spacial score (nSPS) is 18.0. The zero-order chi connectivity index (χ0) is 16.2. The molecule has 0 aliphatic carbocycles. The van der Waals surface area contributed by atoms with Gasteiger partial charge in [0.2, 0.25) is 0 Å². The van der Waals surface area contributed by atoms with Gasteiger partial charge in [0, 0.05) is 12.6 Å². The monoisotopic (exact) mass is 319 g/mol. The topological polar surface area (TPSA) is 67.5 Å². The van der Waals surface area contributed by atoms with Crippen molar-refractivity contribution in [3.63, 3.8) is 0 Å². The summed E-state index contributed by atoms with van der Waals surface area (Å²) in [5.74, 6) is -0.232. The Balaban J connectivity index is 1.68. The molecule has 3 rings (SSSR count). The minimum Gasteiger partial charge on any atom is -0.484 e. The number of hydrogen-bond donors (Lipinski definition) is 1. The molecule has 0 radical (unpaired) electrons. The van der Waals surface area contributed by atoms with Crippen LogP contribution >= 0.6 is 0 Å². The molecule has 6 nitrogen and oxygen atoms in total. The molecular formula is C16H18FN3O3. The molecular weight excluding hydrogens is 301 g/mol. The van der Waals surface area contributed by atoms with Crippen LogP contribution in [-0.2, 0) is 9.53 Å². The molecule has 7 heteroatoms. The third kappa shape index (κ3) is 3.50. The van der Waals surface area contributed by atoms with Gasteiger partial charge in [0.05, 0.1) is 31.1 Å². The van der Waals surface area contributed by atoms with Crippen molar-refractivity contribution in [2.45, 2.75) is 13.0 Å². The maximum absolute atomic E-state index is 13.1. The highest BCUT2D eigenvalue weighted by Gasteiger charge is 2.30. The summed E-state index contributed by atoms with van der Waals surface area (Å²) in [7, 11) is 0. The van der Waals surface area contributed by atoms with Gasteiger partial charge in [0.1, 0.15) is 11.6 Å². The van der Waals surface area contributed by atoms with Crippen molar-refractivity contribution in [2.24, 2.45) is 0 Å². The third-order valence-corrected chi connectivity index (χ3v) is 3.81. The number of amides is 1. The van der Waals surface area contributed by atoms with E-state index in [2.05, 4.69) is 10.2 Å². The third-order valence-electron chi connectivity index (χ3n) is 3.81. The summed E-state index contributed by atoms with van der Waals surface area (Å²) in [6, 6.07) is 5.53. The summed E-state index contributed by atoms with van der Waals surface area (Å²) in [4.78, 5) is 14.2. The highest BCUT2D eigenvalue weighted by molar-refractivity contribution is 5.78. The van der Waals surface area contributed by atoms with Gasteiger partial charge in [-0.05, 0) is 24.6 Å². The Morgan fingerprint density at radius 2 is 2.43 bits per heavy atom. The number of halogens is 1. The summed E-state index contributed by atoms with van der Waals surface area (Å²) in [6.07, 6.45) is 1.72. The van der Waals surface area contributed by atoms with E-state index >= 15 is 0 Å². The van der Waals surface area contributed by atoms with Gasteiger partial charge in [-0.15, -0.1) is 0 Å². The van der Waals surface area contributed by atoms with E-state index in [0.29, 0.717) is 25.5 Å². The molecule has 0 unspecified atom stereocenters. The summed E-state index contributed by atoms with van der Waals surface area (Å²) in [6.45, 7) is 3.16. The van der Waals surface area contributed by atoms with E-state index in [1.54, 1.807) is 23.2 Å². The number of hydrogen-bond acceptors (Lipinski definition) is 4. The van der Waals surface area contributed by atoms with Crippen LogP contribution in [0.15, 0.2) is 30.5 Å². The number of H-pyrrole nitrogens is 1. The molecule has 122 valence electrons. The van der Waals surface area contributed by atoms with E-state index in [-0.39, 0.29) is 18.6 Å². The minimum atomic E-state index is -0.396. The molecule has 1 amide bonds. The van der Waals surface area contributed by atoms with Crippen LogP contribution in [0.4, 0.5) is 4.39 Å². The zero-order valence-corrected chi connectivity index (χ0v) is 12.8. The lowest BCUT2D eigenvalue weighted by atomic mass is 10.1. The molecule has 1 aliphatic heterocycles. The van der Waals surface area contributed by atoms with Crippen LogP contribution in [0.2, 0.25) is 0 Å². The quantitative estimate of drug-likeness (QED) is 0.934. The Morgan fingerprint density at radius 3 is 3.17 bits per heavy atom. The van der Waals surface area contributed by atoms with Crippen molar-refractivity contribution in [2.75, 3.05) is 26.4 Å². The highest BCUT2D eigenvalue weighted by atomic mass is 19.1. The molecule has 0 saturated carbocycles. The Labute approximate surface area is 133 Å². The summed E-state index contributed by atoms with van der Waals surface area (Å²) < 4.78 is 24.0. The van der Waals surface area contributed by atoms with Gasteiger partial charge in [0.15, 0.2) is 6.61 Å². The Kier molecular flexibility index (Phi) is 4.57. The lowest BCUT2D eigenvalue weighted by Gasteiger charge is -2.35. The minimum absolute atomic E-state index is 0.146. The van der Waals surface area contributed by atoms with E-state index in [0.717, 1.165) is 11.3 Å². The molecule has 1 saturated heterocycles. The molecule has 23 heavy (non-hydrogen) atoms. The smallest absolute Gasteiger partial charge is 0.261 e. The number of rotatable bonds is 4. The van der Waals surface area contributed by atoms with Crippen LogP contribution < -0.4 is 4.74 Å². The van der Waals surface area contributed by atoms with Gasteiger partial charge in [-0.25, -0.2) is 4.39 Å². The average molecular weight is 319 g/mol. The van der Waals surface area contributed by atoms with Crippen molar-refractivity contribution in [3.05, 3.63) is 47.5 Å². The van der Waals surface area contributed by atoms with Crippen LogP contribution in [-0.4, -0.2) is 47.4 Å². The van der Waals surface area contributed by atoms with Crippen LogP contribution in [0.3, 0.4) is 0 Å². The molecule has 0 spiro atoms. The Morgan fingerprint density at radius 1 is 1.57 bits per heavy atom. The predicted octanol–water partition coefficient (Wildman–Crippen LogP) is 1.84. The molecule has 1 aliphatic rings. The fraction of sp³-hybridized carbons (Fsp3) is 0.375. The standard InChI is InChI=1S/C16H18FN3O3/c1-11-8-18-19-16(11)14-9-22-6-5-20(14)15(21)10-23-13-4-2-3-12(17)7-13/h2-4,7-8,14H,5-6,9-10H2,1H3,(H,18,19)/t14-/m1/s1. The average Bonchev–Trinajstić information content (AvgIpc) is 2.98. The Bertz CT molecular complexity index is 689. The number of aromatic nitrogens is 2. The van der Waals surface area contributed by atoms with Gasteiger partial charge in [0.25, 0.3) is 5.91 Å². The van der Waals surface area contributed by atoms with Crippen LogP contribution in [0, 0.1) is 12.7 Å². The number of carbonyl (C=O) groups excluding carboxylic acids is 1. The largest absolute Gasteiger partial charge is 0.484 e. The van der Waals surface area contributed by atoms with Gasteiger partial charge in [-0.3, -0.25) is 9.89 Å². The summed E-state index contributed by atoms with van der Waals surface area (Å²) in [5, 5.41) is 6.93. The Hall–Kier alpha value is -2.41. The van der Waals surface area contributed by atoms with Crippen molar-refractivity contribution in [1.29, 1.82) is 0 Å². The first-order valence-electron chi connectivity index (χ1n) is 7.40. The van der Waals surface area contributed by atoms with E-state index in [9.17, 15) is 9.18 Å². The van der Waals surface area contributed by atoms with Crippen LogP contribution in [0.1, 0.15) is 17.3 Å². The van der Waals surface area contributed by atoms with Crippen molar-refractivity contribution >= 4 is 5.91 Å². The number of nitrogens with zero attached hydrogens (tertiary/aromatic N) is 2. The maximum Gasteiger partial charge on any atom is 0.261 e.